The summed E-state index contributed by atoms with van der Waals surface area (Å²) in [5, 5.41) is 40.2. The predicted molar refractivity (Wildman–Crippen MR) is 265 cm³/mol. The van der Waals surface area contributed by atoms with Crippen LogP contribution in [0.1, 0.15) is 219 Å². The van der Waals surface area contributed by atoms with Crippen LogP contribution < -0.4 is 0 Å². The van der Waals surface area contributed by atoms with Crippen LogP contribution in [0.5, 0.6) is 0 Å². The first-order valence-electron chi connectivity index (χ1n) is 26.4. The summed E-state index contributed by atoms with van der Waals surface area (Å²) in [4.78, 5) is 12.8. The van der Waals surface area contributed by atoms with Gasteiger partial charge in [0.2, 0.25) is 0 Å². The fourth-order valence-electron chi connectivity index (χ4n) is 7.76. The van der Waals surface area contributed by atoms with Crippen molar-refractivity contribution in [1.82, 2.24) is 0 Å². The van der Waals surface area contributed by atoms with Crippen LogP contribution in [0.2, 0.25) is 0 Å². The summed E-state index contributed by atoms with van der Waals surface area (Å²) < 4.78 is 22.9. The first kappa shape index (κ1) is 59.9. The quantitative estimate of drug-likeness (QED) is 0.0268. The number of carbonyl (C=O) groups is 1. The van der Waals surface area contributed by atoms with Gasteiger partial charge in [0.1, 0.15) is 30.5 Å². The topological polar surface area (TPSA) is 135 Å². The molecule has 1 saturated heterocycles. The predicted octanol–water partition coefficient (Wildman–Crippen LogP) is 13.0. The Hall–Kier alpha value is -2.11. The zero-order chi connectivity index (χ0) is 46.4. The van der Waals surface area contributed by atoms with Crippen LogP contribution in [-0.4, -0.2) is 89.6 Å². The average Bonchev–Trinajstić information content (AvgIpc) is 3.30. The molecule has 1 fully saturated rings. The van der Waals surface area contributed by atoms with Crippen LogP contribution in [0.3, 0.4) is 0 Å². The van der Waals surface area contributed by atoms with Gasteiger partial charge in [-0.15, -0.1) is 0 Å². The van der Waals surface area contributed by atoms with Crippen LogP contribution in [0.15, 0.2) is 60.8 Å². The molecule has 1 heterocycles. The van der Waals surface area contributed by atoms with Gasteiger partial charge in [0, 0.05) is 13.0 Å². The zero-order valence-corrected chi connectivity index (χ0v) is 41.0. The van der Waals surface area contributed by atoms with Crippen molar-refractivity contribution >= 4 is 5.97 Å². The molecule has 6 atom stereocenters. The molecule has 0 aromatic rings. The number of allylic oxidation sites excluding steroid dienone is 10. The number of ether oxygens (including phenoxy) is 4. The lowest BCUT2D eigenvalue weighted by atomic mass is 9.99. The second kappa shape index (κ2) is 46.0. The van der Waals surface area contributed by atoms with Gasteiger partial charge in [-0.3, -0.25) is 4.79 Å². The van der Waals surface area contributed by atoms with E-state index in [0.717, 1.165) is 64.2 Å². The largest absolute Gasteiger partial charge is 0.457 e. The molecule has 0 aliphatic carbocycles. The smallest absolute Gasteiger partial charge is 0.306 e. The number of aliphatic hydroxyl groups excluding tert-OH is 4. The highest BCUT2D eigenvalue weighted by Crippen LogP contribution is 2.23. The number of hydrogen-bond donors (Lipinski definition) is 4. The van der Waals surface area contributed by atoms with E-state index >= 15 is 0 Å². The number of unbranched alkanes of at least 4 members (excludes halogenated alkanes) is 24. The van der Waals surface area contributed by atoms with Crippen molar-refractivity contribution in [2.75, 3.05) is 26.4 Å². The van der Waals surface area contributed by atoms with Crippen LogP contribution in [0.4, 0.5) is 0 Å². The molecule has 0 amide bonds. The van der Waals surface area contributed by atoms with Gasteiger partial charge in [-0.2, -0.15) is 0 Å². The van der Waals surface area contributed by atoms with E-state index in [9.17, 15) is 25.2 Å². The zero-order valence-electron chi connectivity index (χ0n) is 41.0. The molecule has 0 aromatic heterocycles. The van der Waals surface area contributed by atoms with Crippen molar-refractivity contribution in [3.8, 4) is 0 Å². The molecule has 6 unspecified atom stereocenters. The fourth-order valence-corrected chi connectivity index (χ4v) is 7.76. The Morgan fingerprint density at radius 3 is 1.39 bits per heavy atom. The third kappa shape index (κ3) is 36.1. The molecule has 1 aliphatic heterocycles. The highest BCUT2D eigenvalue weighted by molar-refractivity contribution is 5.69. The highest BCUT2D eigenvalue weighted by Gasteiger charge is 2.44. The Labute approximate surface area is 392 Å². The molecule has 4 N–H and O–H groups in total. The fraction of sp³-hybridized carbons (Fsp3) is 0.800. The molecule has 372 valence electrons. The van der Waals surface area contributed by atoms with E-state index in [1.54, 1.807) is 0 Å². The Morgan fingerprint density at radius 1 is 0.500 bits per heavy atom. The van der Waals surface area contributed by atoms with Gasteiger partial charge >= 0.3 is 5.97 Å². The number of esters is 1. The maximum absolute atomic E-state index is 12.8. The second-order valence-electron chi connectivity index (χ2n) is 18.0. The van der Waals surface area contributed by atoms with Gasteiger partial charge in [-0.1, -0.05) is 190 Å². The Morgan fingerprint density at radius 2 is 0.906 bits per heavy atom. The summed E-state index contributed by atoms with van der Waals surface area (Å²) in [6.45, 7) is 4.51. The molecular formula is C55H98O9. The standard InChI is InChI=1S/C55H98O9/c1-3-5-7-9-11-13-15-17-19-21-22-23-24-25-26-27-28-29-30-32-34-36-38-40-42-44-51(57)63-49(48-62-55-54(60)53(59)52(58)50(46-56)64-55)47-61-45-43-41-39-37-35-33-31-20-18-16-14-12-10-8-6-4-2/h12,14-15,17-18,20-22,24-25,49-50,52-56,58-60H,3-11,13,16,19,23,26-48H2,1-2H3/b14-12-,17-15-,20-18-,22-21-,25-24-. The molecule has 1 aliphatic rings. The van der Waals surface area contributed by atoms with E-state index < -0.39 is 43.4 Å². The van der Waals surface area contributed by atoms with Gasteiger partial charge < -0.3 is 39.4 Å². The molecule has 0 spiro atoms. The minimum Gasteiger partial charge on any atom is -0.457 e. The second-order valence-corrected chi connectivity index (χ2v) is 18.0. The van der Waals surface area contributed by atoms with Crippen LogP contribution >= 0.6 is 0 Å². The SMILES string of the molecule is CCCCC/C=C\C/C=C\CCCCCCCCOCC(COC1OC(CO)C(O)C(O)C1O)OC(=O)CCCCCCCCCCCC/C=C\C/C=C\C/C=C\CCCCCCC. The third-order valence-electron chi connectivity index (χ3n) is 11.9. The summed E-state index contributed by atoms with van der Waals surface area (Å²) in [6, 6.07) is 0. The highest BCUT2D eigenvalue weighted by atomic mass is 16.7. The van der Waals surface area contributed by atoms with E-state index in [-0.39, 0.29) is 19.2 Å². The molecular weight excluding hydrogens is 805 g/mol. The average molecular weight is 903 g/mol. The maximum atomic E-state index is 12.8. The van der Waals surface area contributed by atoms with Gasteiger partial charge in [0.25, 0.3) is 0 Å². The molecule has 64 heavy (non-hydrogen) atoms. The van der Waals surface area contributed by atoms with Crippen molar-refractivity contribution in [3.05, 3.63) is 60.8 Å². The van der Waals surface area contributed by atoms with Crippen LogP contribution in [-0.2, 0) is 23.7 Å². The lowest BCUT2D eigenvalue weighted by Gasteiger charge is -2.39. The summed E-state index contributed by atoms with van der Waals surface area (Å²) in [5.41, 5.74) is 0. The van der Waals surface area contributed by atoms with Gasteiger partial charge in [0.05, 0.1) is 19.8 Å². The Balaban J connectivity index is 2.19. The Bertz CT molecular complexity index is 1160. The molecule has 0 aromatic carbocycles. The van der Waals surface area contributed by atoms with Gasteiger partial charge in [-0.05, 0) is 83.5 Å². The summed E-state index contributed by atoms with van der Waals surface area (Å²) in [5.74, 6) is -0.322. The van der Waals surface area contributed by atoms with E-state index in [2.05, 4.69) is 74.6 Å². The van der Waals surface area contributed by atoms with E-state index in [1.165, 1.54) is 135 Å². The van der Waals surface area contributed by atoms with E-state index in [0.29, 0.717) is 13.0 Å². The summed E-state index contributed by atoms with van der Waals surface area (Å²) in [7, 11) is 0. The van der Waals surface area contributed by atoms with Gasteiger partial charge in [-0.25, -0.2) is 0 Å². The minimum absolute atomic E-state index is 0.121. The van der Waals surface area contributed by atoms with Crippen LogP contribution in [0.25, 0.3) is 0 Å². The Kier molecular flexibility index (Phi) is 43.1. The van der Waals surface area contributed by atoms with Gasteiger partial charge in [0.15, 0.2) is 6.29 Å². The molecule has 9 heteroatoms. The molecule has 0 bridgehead atoms. The maximum Gasteiger partial charge on any atom is 0.306 e. The normalized spacial score (nSPS) is 20.0. The number of aliphatic hydroxyl groups is 4. The van der Waals surface area contributed by atoms with Crippen molar-refractivity contribution in [3.63, 3.8) is 0 Å². The first-order valence-corrected chi connectivity index (χ1v) is 26.4. The summed E-state index contributed by atoms with van der Waals surface area (Å²) in [6.07, 6.45) is 52.5. The van der Waals surface area contributed by atoms with Crippen molar-refractivity contribution in [2.24, 2.45) is 0 Å². The van der Waals surface area contributed by atoms with Crippen molar-refractivity contribution < 1.29 is 44.2 Å². The minimum atomic E-state index is -1.54. The van der Waals surface area contributed by atoms with E-state index in [4.69, 9.17) is 18.9 Å². The third-order valence-corrected chi connectivity index (χ3v) is 11.9. The number of carbonyl (C=O) groups excluding carboxylic acids is 1. The first-order chi connectivity index (χ1) is 31.4. The number of rotatable bonds is 45. The monoisotopic (exact) mass is 903 g/mol. The number of hydrogen-bond acceptors (Lipinski definition) is 9. The van der Waals surface area contributed by atoms with Crippen LogP contribution in [0, 0.1) is 0 Å². The molecule has 9 nitrogen and oxygen atoms in total. The lowest BCUT2D eigenvalue weighted by molar-refractivity contribution is -0.305. The molecule has 1 rings (SSSR count). The van der Waals surface area contributed by atoms with E-state index in [1.807, 2.05) is 0 Å². The van der Waals surface area contributed by atoms with Crippen molar-refractivity contribution in [1.29, 1.82) is 0 Å². The molecule has 0 saturated carbocycles. The lowest BCUT2D eigenvalue weighted by Crippen LogP contribution is -2.59. The molecule has 0 radical (unpaired) electrons. The van der Waals surface area contributed by atoms with Crippen molar-refractivity contribution in [2.45, 2.75) is 256 Å². The summed E-state index contributed by atoms with van der Waals surface area (Å²) >= 11 is 0.